The molecule has 19 heavy (non-hydrogen) atoms. The molecule has 0 radical (unpaired) electrons. The van der Waals surface area contributed by atoms with Crippen LogP contribution in [0, 0.1) is 19.3 Å². The number of aromatic nitrogens is 1. The number of thiazole rings is 1. The zero-order valence-electron chi connectivity index (χ0n) is 12.4. The van der Waals surface area contributed by atoms with Crippen molar-refractivity contribution in [1.29, 1.82) is 0 Å². The largest absolute Gasteiger partial charge is 0.319 e. The molecule has 0 aliphatic heterocycles. The lowest BCUT2D eigenvalue weighted by Gasteiger charge is -2.11. The number of hydrogen-bond donors (Lipinski definition) is 0. The Morgan fingerprint density at radius 1 is 1.26 bits per heavy atom. The third kappa shape index (κ3) is 2.50. The number of amides is 1. The minimum absolute atomic E-state index is 0.0796. The van der Waals surface area contributed by atoms with Gasteiger partial charge in [-0.3, -0.25) is 4.79 Å². The van der Waals surface area contributed by atoms with Gasteiger partial charge < -0.3 is 4.57 Å². The van der Waals surface area contributed by atoms with Crippen LogP contribution in [0.5, 0.6) is 0 Å². The zero-order valence-corrected chi connectivity index (χ0v) is 13.2. The van der Waals surface area contributed by atoms with Crippen LogP contribution in [0.3, 0.4) is 0 Å². The predicted molar refractivity (Wildman–Crippen MR) is 80.3 cm³/mol. The Labute approximate surface area is 117 Å². The molecule has 2 rings (SSSR count). The summed E-state index contributed by atoms with van der Waals surface area (Å²) in [6.07, 6.45) is 0. The smallest absolute Gasteiger partial charge is 0.253 e. The summed E-state index contributed by atoms with van der Waals surface area (Å²) in [5, 5.41) is 0. The first-order valence-corrected chi connectivity index (χ1v) is 7.18. The van der Waals surface area contributed by atoms with Crippen LogP contribution in [-0.2, 0) is 11.8 Å². The Hall–Kier alpha value is -1.42. The molecule has 102 valence electrons. The number of nitrogens with zero attached hydrogens (tertiary/aromatic N) is 2. The Kier molecular flexibility index (Phi) is 3.39. The maximum absolute atomic E-state index is 12.0. The first-order chi connectivity index (χ1) is 8.71. The van der Waals surface area contributed by atoms with Crippen LogP contribution >= 0.6 is 11.3 Å². The van der Waals surface area contributed by atoms with E-state index in [9.17, 15) is 4.79 Å². The van der Waals surface area contributed by atoms with Gasteiger partial charge in [-0.15, -0.1) is 0 Å². The van der Waals surface area contributed by atoms with Crippen molar-refractivity contribution in [2.24, 2.45) is 17.5 Å². The third-order valence-corrected chi connectivity index (χ3v) is 4.42. The fourth-order valence-electron chi connectivity index (χ4n) is 1.89. The van der Waals surface area contributed by atoms with Gasteiger partial charge in [0, 0.05) is 12.5 Å². The van der Waals surface area contributed by atoms with Gasteiger partial charge in [-0.2, -0.15) is 4.99 Å². The number of rotatable bonds is 0. The summed E-state index contributed by atoms with van der Waals surface area (Å²) in [5.74, 6) is -0.0796. The summed E-state index contributed by atoms with van der Waals surface area (Å²) in [6, 6.07) is 4.21. The maximum atomic E-state index is 12.0. The van der Waals surface area contributed by atoms with Gasteiger partial charge in [0.2, 0.25) is 0 Å². The van der Waals surface area contributed by atoms with Crippen molar-refractivity contribution in [3.05, 3.63) is 28.1 Å². The van der Waals surface area contributed by atoms with Crippen molar-refractivity contribution in [1.82, 2.24) is 4.57 Å². The van der Waals surface area contributed by atoms with Gasteiger partial charge >= 0.3 is 0 Å². The summed E-state index contributed by atoms with van der Waals surface area (Å²) in [6.45, 7) is 9.88. The van der Waals surface area contributed by atoms with E-state index in [2.05, 4.69) is 31.0 Å². The van der Waals surface area contributed by atoms with E-state index in [0.29, 0.717) is 0 Å². The van der Waals surface area contributed by atoms with E-state index in [1.165, 1.54) is 21.3 Å². The fraction of sp³-hybridized carbons (Fsp3) is 0.467. The Morgan fingerprint density at radius 2 is 1.89 bits per heavy atom. The summed E-state index contributed by atoms with van der Waals surface area (Å²) < 4.78 is 3.19. The summed E-state index contributed by atoms with van der Waals surface area (Å²) in [7, 11) is 1.97. The third-order valence-electron chi connectivity index (χ3n) is 3.33. The molecule has 0 bridgehead atoms. The molecule has 0 aliphatic rings. The van der Waals surface area contributed by atoms with E-state index in [1.807, 2.05) is 32.4 Å². The van der Waals surface area contributed by atoms with E-state index in [0.717, 1.165) is 4.80 Å². The second-order valence-corrected chi connectivity index (χ2v) is 6.97. The van der Waals surface area contributed by atoms with Crippen LogP contribution in [0.25, 0.3) is 10.2 Å². The van der Waals surface area contributed by atoms with Gasteiger partial charge in [0.15, 0.2) is 4.80 Å². The average Bonchev–Trinajstić information content (AvgIpc) is 2.61. The highest BCUT2D eigenvalue weighted by molar-refractivity contribution is 7.16. The SMILES string of the molecule is Cc1ccc2sc(=NC(=O)C(C)(C)C)n(C)c2c1C. The van der Waals surface area contributed by atoms with Crippen molar-refractivity contribution in [2.45, 2.75) is 34.6 Å². The van der Waals surface area contributed by atoms with Crippen LogP contribution in [0.2, 0.25) is 0 Å². The van der Waals surface area contributed by atoms with Gasteiger partial charge in [0.25, 0.3) is 5.91 Å². The number of carbonyl (C=O) groups excluding carboxylic acids is 1. The topological polar surface area (TPSA) is 34.4 Å². The molecule has 0 fully saturated rings. The first kappa shape index (κ1) is 14.0. The fourth-order valence-corrected chi connectivity index (χ4v) is 2.97. The highest BCUT2D eigenvalue weighted by Crippen LogP contribution is 2.23. The predicted octanol–water partition coefficient (Wildman–Crippen LogP) is 3.33. The van der Waals surface area contributed by atoms with Crippen LogP contribution in [0.15, 0.2) is 17.1 Å². The molecule has 0 atom stereocenters. The van der Waals surface area contributed by atoms with Gasteiger partial charge in [-0.05, 0) is 31.0 Å². The van der Waals surface area contributed by atoms with Crippen molar-refractivity contribution in [2.75, 3.05) is 0 Å². The van der Waals surface area contributed by atoms with Gasteiger partial charge in [0.05, 0.1) is 10.2 Å². The molecule has 1 heterocycles. The van der Waals surface area contributed by atoms with Crippen molar-refractivity contribution >= 4 is 27.5 Å². The molecule has 0 saturated heterocycles. The van der Waals surface area contributed by atoms with E-state index < -0.39 is 5.41 Å². The minimum Gasteiger partial charge on any atom is -0.319 e. The summed E-state index contributed by atoms with van der Waals surface area (Å²) in [4.78, 5) is 17.1. The van der Waals surface area contributed by atoms with E-state index >= 15 is 0 Å². The second kappa shape index (κ2) is 4.60. The maximum Gasteiger partial charge on any atom is 0.253 e. The number of carbonyl (C=O) groups is 1. The molecule has 0 saturated carbocycles. The molecule has 1 aromatic heterocycles. The number of aryl methyl sites for hydroxylation is 3. The Morgan fingerprint density at radius 3 is 2.47 bits per heavy atom. The van der Waals surface area contributed by atoms with Crippen LogP contribution in [0.1, 0.15) is 31.9 Å². The van der Waals surface area contributed by atoms with E-state index in [4.69, 9.17) is 0 Å². The van der Waals surface area contributed by atoms with Gasteiger partial charge in [-0.1, -0.05) is 38.2 Å². The molecule has 0 N–H and O–H groups in total. The lowest BCUT2D eigenvalue weighted by atomic mass is 9.96. The van der Waals surface area contributed by atoms with Gasteiger partial charge in [0.1, 0.15) is 0 Å². The molecule has 1 amide bonds. The molecule has 0 spiro atoms. The molecule has 3 nitrogen and oxygen atoms in total. The van der Waals surface area contributed by atoms with E-state index in [1.54, 1.807) is 11.3 Å². The van der Waals surface area contributed by atoms with Crippen molar-refractivity contribution < 1.29 is 4.79 Å². The van der Waals surface area contributed by atoms with Crippen molar-refractivity contribution in [3.63, 3.8) is 0 Å². The molecule has 1 aromatic carbocycles. The Bertz CT molecular complexity index is 714. The molecule has 2 aromatic rings. The molecular formula is C15H20N2OS. The standard InChI is InChI=1S/C15H20N2OS/c1-9-7-8-11-12(10(9)2)17(6)14(19-11)16-13(18)15(3,4)5/h7-8H,1-6H3. The van der Waals surface area contributed by atoms with Crippen molar-refractivity contribution in [3.8, 4) is 0 Å². The monoisotopic (exact) mass is 276 g/mol. The lowest BCUT2D eigenvalue weighted by Crippen LogP contribution is -2.22. The van der Waals surface area contributed by atoms with Crippen LogP contribution in [-0.4, -0.2) is 10.5 Å². The molecular weight excluding hydrogens is 256 g/mol. The number of fused-ring (bicyclic) bond motifs is 1. The Balaban J connectivity index is 2.71. The zero-order chi connectivity index (χ0) is 14.4. The number of hydrogen-bond acceptors (Lipinski definition) is 2. The average molecular weight is 276 g/mol. The summed E-state index contributed by atoms with van der Waals surface area (Å²) in [5.41, 5.74) is 3.25. The highest BCUT2D eigenvalue weighted by Gasteiger charge is 2.21. The normalized spacial score (nSPS) is 13.3. The second-order valence-electron chi connectivity index (χ2n) is 5.96. The lowest BCUT2D eigenvalue weighted by molar-refractivity contribution is -0.125. The van der Waals surface area contributed by atoms with Crippen LogP contribution in [0.4, 0.5) is 0 Å². The van der Waals surface area contributed by atoms with Crippen LogP contribution < -0.4 is 4.80 Å². The van der Waals surface area contributed by atoms with Gasteiger partial charge in [-0.25, -0.2) is 0 Å². The summed E-state index contributed by atoms with van der Waals surface area (Å²) >= 11 is 1.57. The highest BCUT2D eigenvalue weighted by atomic mass is 32.1. The minimum atomic E-state index is -0.436. The van der Waals surface area contributed by atoms with E-state index in [-0.39, 0.29) is 5.91 Å². The molecule has 0 unspecified atom stereocenters. The molecule has 0 aliphatic carbocycles. The molecule has 4 heteroatoms. The quantitative estimate of drug-likeness (QED) is 0.726. The first-order valence-electron chi connectivity index (χ1n) is 6.36. The number of benzene rings is 1.